The Morgan fingerprint density at radius 1 is 1.14 bits per heavy atom. The maximum Gasteiger partial charge on any atom is 0.246 e. The SMILES string of the molecule is CCCN1C(=O)C(C2CCCCC2)NC(=O)C1C(C)(C)C. The molecule has 2 unspecified atom stereocenters. The van der Waals surface area contributed by atoms with Crippen molar-refractivity contribution in [3.05, 3.63) is 0 Å². The van der Waals surface area contributed by atoms with Gasteiger partial charge < -0.3 is 10.2 Å². The topological polar surface area (TPSA) is 49.4 Å². The highest BCUT2D eigenvalue weighted by Crippen LogP contribution is 2.33. The van der Waals surface area contributed by atoms with Gasteiger partial charge in [-0.05, 0) is 30.6 Å². The van der Waals surface area contributed by atoms with Crippen LogP contribution in [-0.4, -0.2) is 35.3 Å². The molecule has 2 rings (SSSR count). The van der Waals surface area contributed by atoms with Gasteiger partial charge in [-0.2, -0.15) is 0 Å². The first kappa shape index (κ1) is 16.3. The van der Waals surface area contributed by atoms with Crippen LogP contribution in [0.5, 0.6) is 0 Å². The van der Waals surface area contributed by atoms with Gasteiger partial charge in [0.25, 0.3) is 0 Å². The van der Waals surface area contributed by atoms with E-state index in [1.165, 1.54) is 19.3 Å². The Hall–Kier alpha value is -1.06. The van der Waals surface area contributed by atoms with Crippen molar-refractivity contribution < 1.29 is 9.59 Å². The first-order chi connectivity index (χ1) is 9.86. The minimum Gasteiger partial charge on any atom is -0.342 e. The van der Waals surface area contributed by atoms with E-state index in [4.69, 9.17) is 0 Å². The van der Waals surface area contributed by atoms with E-state index < -0.39 is 0 Å². The highest BCUT2D eigenvalue weighted by molar-refractivity contribution is 5.97. The van der Waals surface area contributed by atoms with Crippen molar-refractivity contribution in [1.29, 1.82) is 0 Å². The molecule has 0 spiro atoms. The summed E-state index contributed by atoms with van der Waals surface area (Å²) in [6.45, 7) is 8.85. The van der Waals surface area contributed by atoms with Crippen LogP contribution >= 0.6 is 0 Å². The van der Waals surface area contributed by atoms with Crippen molar-refractivity contribution in [2.45, 2.75) is 78.3 Å². The van der Waals surface area contributed by atoms with Gasteiger partial charge in [0.15, 0.2) is 0 Å². The van der Waals surface area contributed by atoms with E-state index in [0.29, 0.717) is 12.5 Å². The normalized spacial score (nSPS) is 28.7. The van der Waals surface area contributed by atoms with Gasteiger partial charge in [0.2, 0.25) is 11.8 Å². The quantitative estimate of drug-likeness (QED) is 0.870. The van der Waals surface area contributed by atoms with Crippen LogP contribution in [0.3, 0.4) is 0 Å². The zero-order chi connectivity index (χ0) is 15.6. The van der Waals surface area contributed by atoms with E-state index in [1.807, 2.05) is 25.7 Å². The van der Waals surface area contributed by atoms with Gasteiger partial charge in [-0.15, -0.1) is 0 Å². The molecular weight excluding hydrogens is 264 g/mol. The minimum absolute atomic E-state index is 0.0334. The number of rotatable bonds is 3. The summed E-state index contributed by atoms with van der Waals surface area (Å²) >= 11 is 0. The van der Waals surface area contributed by atoms with E-state index >= 15 is 0 Å². The number of carbonyl (C=O) groups is 2. The second-order valence-electron chi connectivity index (χ2n) is 7.68. The number of amides is 2. The molecular formula is C17H30N2O2. The molecule has 0 aromatic heterocycles. The summed E-state index contributed by atoms with van der Waals surface area (Å²) in [6.07, 6.45) is 6.65. The molecule has 2 fully saturated rings. The third-order valence-electron chi connectivity index (χ3n) is 4.81. The smallest absolute Gasteiger partial charge is 0.246 e. The maximum atomic E-state index is 12.9. The molecule has 1 heterocycles. The molecule has 0 aromatic carbocycles. The fourth-order valence-corrected chi connectivity index (χ4v) is 3.87. The molecule has 0 bridgehead atoms. The molecule has 0 aromatic rings. The van der Waals surface area contributed by atoms with Crippen molar-refractivity contribution >= 4 is 11.8 Å². The highest BCUT2D eigenvalue weighted by Gasteiger charge is 2.47. The molecule has 0 radical (unpaired) electrons. The molecule has 1 aliphatic heterocycles. The average Bonchev–Trinajstić information content (AvgIpc) is 2.42. The van der Waals surface area contributed by atoms with E-state index in [1.54, 1.807) is 0 Å². The van der Waals surface area contributed by atoms with Gasteiger partial charge in [-0.1, -0.05) is 47.0 Å². The number of piperazine rings is 1. The summed E-state index contributed by atoms with van der Waals surface area (Å²) in [5, 5.41) is 3.05. The molecule has 4 heteroatoms. The second kappa shape index (κ2) is 6.37. The average molecular weight is 294 g/mol. The number of nitrogens with zero attached hydrogens (tertiary/aromatic N) is 1. The van der Waals surface area contributed by atoms with Gasteiger partial charge in [-0.25, -0.2) is 0 Å². The lowest BCUT2D eigenvalue weighted by Gasteiger charge is -2.46. The van der Waals surface area contributed by atoms with Crippen LogP contribution in [0.4, 0.5) is 0 Å². The zero-order valence-electron chi connectivity index (χ0n) is 13.9. The molecule has 120 valence electrons. The Morgan fingerprint density at radius 3 is 2.29 bits per heavy atom. The van der Waals surface area contributed by atoms with Crippen LogP contribution in [-0.2, 0) is 9.59 Å². The van der Waals surface area contributed by atoms with Gasteiger partial charge >= 0.3 is 0 Å². The van der Waals surface area contributed by atoms with E-state index in [2.05, 4.69) is 12.2 Å². The lowest BCUT2D eigenvalue weighted by atomic mass is 9.78. The molecule has 1 saturated heterocycles. The van der Waals surface area contributed by atoms with E-state index in [-0.39, 0.29) is 29.3 Å². The van der Waals surface area contributed by atoms with Crippen LogP contribution in [0.1, 0.15) is 66.2 Å². The highest BCUT2D eigenvalue weighted by atomic mass is 16.2. The van der Waals surface area contributed by atoms with Crippen molar-refractivity contribution in [2.24, 2.45) is 11.3 Å². The fourth-order valence-electron chi connectivity index (χ4n) is 3.87. The molecule has 1 N–H and O–H groups in total. The van der Waals surface area contributed by atoms with Crippen molar-refractivity contribution in [3.8, 4) is 0 Å². The third-order valence-corrected chi connectivity index (χ3v) is 4.81. The predicted molar refractivity (Wildman–Crippen MR) is 83.8 cm³/mol. The molecule has 2 amide bonds. The number of hydrogen-bond donors (Lipinski definition) is 1. The Kier molecular flexibility index (Phi) is 4.95. The Balaban J connectivity index is 2.22. The van der Waals surface area contributed by atoms with Gasteiger partial charge in [0, 0.05) is 6.54 Å². The van der Waals surface area contributed by atoms with Crippen LogP contribution in [0.15, 0.2) is 0 Å². The number of nitrogens with one attached hydrogen (secondary N) is 1. The van der Waals surface area contributed by atoms with Crippen molar-refractivity contribution in [1.82, 2.24) is 10.2 Å². The van der Waals surface area contributed by atoms with Gasteiger partial charge in [-0.3, -0.25) is 9.59 Å². The lowest BCUT2D eigenvalue weighted by Crippen LogP contribution is -2.68. The summed E-state index contributed by atoms with van der Waals surface area (Å²) < 4.78 is 0. The largest absolute Gasteiger partial charge is 0.342 e. The summed E-state index contributed by atoms with van der Waals surface area (Å²) in [5.74, 6) is 0.505. The monoisotopic (exact) mass is 294 g/mol. The summed E-state index contributed by atoms with van der Waals surface area (Å²) in [6, 6.07) is -0.632. The molecule has 4 nitrogen and oxygen atoms in total. The zero-order valence-corrected chi connectivity index (χ0v) is 13.9. The molecule has 2 atom stereocenters. The number of carbonyl (C=O) groups excluding carboxylic acids is 2. The Bertz CT molecular complexity index is 394. The van der Waals surface area contributed by atoms with Crippen molar-refractivity contribution in [2.75, 3.05) is 6.54 Å². The molecule has 2 aliphatic rings. The second-order valence-corrected chi connectivity index (χ2v) is 7.68. The van der Waals surface area contributed by atoms with Crippen molar-refractivity contribution in [3.63, 3.8) is 0 Å². The number of hydrogen-bond acceptors (Lipinski definition) is 2. The summed E-state index contributed by atoms with van der Waals surface area (Å²) in [7, 11) is 0. The summed E-state index contributed by atoms with van der Waals surface area (Å²) in [5.41, 5.74) is -0.230. The predicted octanol–water partition coefficient (Wildman–Crippen LogP) is 2.72. The fraction of sp³-hybridized carbons (Fsp3) is 0.882. The first-order valence-corrected chi connectivity index (χ1v) is 8.47. The van der Waals surface area contributed by atoms with Gasteiger partial charge in [0.1, 0.15) is 12.1 Å². The molecule has 1 saturated carbocycles. The minimum atomic E-state index is -0.343. The molecule has 1 aliphatic carbocycles. The van der Waals surface area contributed by atoms with Crippen LogP contribution in [0.2, 0.25) is 0 Å². The lowest BCUT2D eigenvalue weighted by molar-refractivity contribution is -0.155. The Labute approximate surface area is 128 Å². The van der Waals surface area contributed by atoms with Gasteiger partial charge in [0.05, 0.1) is 0 Å². The standard InChI is InChI=1S/C17H30N2O2/c1-5-11-19-14(17(2,3)4)15(20)18-13(16(19)21)12-9-7-6-8-10-12/h12-14H,5-11H2,1-4H3,(H,18,20). The van der Waals surface area contributed by atoms with E-state index in [9.17, 15) is 9.59 Å². The molecule has 21 heavy (non-hydrogen) atoms. The van der Waals surface area contributed by atoms with Crippen LogP contribution in [0, 0.1) is 11.3 Å². The van der Waals surface area contributed by atoms with Crippen LogP contribution < -0.4 is 5.32 Å². The first-order valence-electron chi connectivity index (χ1n) is 8.47. The Morgan fingerprint density at radius 2 is 1.76 bits per heavy atom. The maximum absolute atomic E-state index is 12.9. The summed E-state index contributed by atoms with van der Waals surface area (Å²) in [4.78, 5) is 27.4. The van der Waals surface area contributed by atoms with Crippen LogP contribution in [0.25, 0.3) is 0 Å². The third kappa shape index (κ3) is 3.41. The van der Waals surface area contributed by atoms with E-state index in [0.717, 1.165) is 19.3 Å².